The molecule has 0 aliphatic rings. The number of benzene rings is 16. The zero-order chi connectivity index (χ0) is 60.1. The molecule has 92 heavy (non-hydrogen) atoms. The van der Waals surface area contributed by atoms with E-state index in [-0.39, 0.29) is 0 Å². The van der Waals surface area contributed by atoms with Crippen LogP contribution >= 0.6 is 0 Å². The molecule has 0 aliphatic carbocycles. The Hall–Kier alpha value is -12.2. The van der Waals surface area contributed by atoms with E-state index in [0.29, 0.717) is 0 Å². The van der Waals surface area contributed by atoms with Gasteiger partial charge in [0.15, 0.2) is 0 Å². The van der Waals surface area contributed by atoms with Crippen LogP contribution in [0.4, 0.5) is 0 Å². The molecule has 0 radical (unpaired) electrons. The summed E-state index contributed by atoms with van der Waals surface area (Å²) in [4.78, 5) is 0. The predicted octanol–water partition coefficient (Wildman–Crippen LogP) is 23.6. The van der Waals surface area contributed by atoms with E-state index in [1.54, 1.807) is 0 Å². The molecule has 0 amide bonds. The fourth-order valence-electron chi connectivity index (χ4n) is 15.9. The van der Waals surface area contributed by atoms with Crippen molar-refractivity contribution in [2.24, 2.45) is 0 Å². The first-order valence-corrected chi connectivity index (χ1v) is 31.8. The molecule has 0 fully saturated rings. The minimum atomic E-state index is 1.13. The zero-order valence-electron chi connectivity index (χ0n) is 50.0. The van der Waals surface area contributed by atoms with Crippen LogP contribution in [0.25, 0.3) is 187 Å². The Morgan fingerprint density at radius 2 is 0.304 bits per heavy atom. The average Bonchev–Trinajstić information content (AvgIpc) is 1.19. The Morgan fingerprint density at radius 1 is 0.141 bits per heavy atom. The normalized spacial score (nSPS) is 12.1. The third-order valence-electron chi connectivity index (χ3n) is 20.0. The molecule has 0 bridgehead atoms. The number of aromatic nitrogens is 4. The van der Waals surface area contributed by atoms with Crippen molar-refractivity contribution in [2.45, 2.75) is 0 Å². The van der Waals surface area contributed by atoms with E-state index in [9.17, 15) is 0 Å². The zero-order valence-corrected chi connectivity index (χ0v) is 50.0. The number of fused-ring (bicyclic) bond motifs is 12. The lowest BCUT2D eigenvalue weighted by Gasteiger charge is -2.22. The van der Waals surface area contributed by atoms with E-state index < -0.39 is 0 Å². The highest BCUT2D eigenvalue weighted by atomic mass is 15.0. The van der Waals surface area contributed by atoms with Gasteiger partial charge in [0, 0.05) is 65.8 Å². The summed E-state index contributed by atoms with van der Waals surface area (Å²) in [5.74, 6) is 0. The molecule has 16 aromatic carbocycles. The molecule has 4 heterocycles. The Labute approximate surface area is 529 Å². The van der Waals surface area contributed by atoms with Gasteiger partial charge in [-0.25, -0.2) is 0 Å². The number of para-hydroxylation sites is 8. The van der Waals surface area contributed by atoms with E-state index in [2.05, 4.69) is 346 Å². The number of nitrogens with zero attached hydrogens (tertiary/aromatic N) is 4. The third-order valence-corrected chi connectivity index (χ3v) is 20.0. The summed E-state index contributed by atoms with van der Waals surface area (Å²) in [7, 11) is 0. The molecule has 0 unspecified atom stereocenters. The van der Waals surface area contributed by atoms with E-state index in [4.69, 9.17) is 0 Å². The van der Waals surface area contributed by atoms with Crippen LogP contribution < -0.4 is 0 Å². The Morgan fingerprint density at radius 3 is 0.478 bits per heavy atom. The molecule has 20 rings (SSSR count). The fraction of sp³-hybridized carbons (Fsp3) is 0. The van der Waals surface area contributed by atoms with Gasteiger partial charge in [-0.1, -0.05) is 218 Å². The largest absolute Gasteiger partial charge is 0.309 e. The van der Waals surface area contributed by atoms with E-state index >= 15 is 0 Å². The smallest absolute Gasteiger partial charge is 0.0541 e. The number of hydrogen-bond acceptors (Lipinski definition) is 0. The van der Waals surface area contributed by atoms with Crippen molar-refractivity contribution >= 4 is 120 Å². The van der Waals surface area contributed by atoms with Crippen LogP contribution in [0.5, 0.6) is 0 Å². The standard InChI is InChI=1S/C88H54N4/c1-9-25-79-63(17-1)64-18-2-10-26-80(64)89(79)59-41-33-55(34-42-59)75-53-76(56-35-43-60(44-36-56)90-81-27-11-3-19-65(81)66-20-4-12-28-82(66)90)72-51-52-74-78(58-39-47-62(48-40-58)92-85-31-15-7-23-69(85)70-24-8-16-32-86(70)92)54-77(73-50-49-71(75)87(72)88(73)74)57-37-45-61(46-38-57)91-83-29-13-5-21-67(83)68-22-6-14-30-84(68)91/h1-54H. The predicted molar refractivity (Wildman–Crippen MR) is 389 cm³/mol. The van der Waals surface area contributed by atoms with Crippen LogP contribution in [-0.2, 0) is 0 Å². The highest BCUT2D eigenvalue weighted by Gasteiger charge is 2.24. The molecule has 4 heteroatoms. The van der Waals surface area contributed by atoms with E-state index in [0.717, 1.165) is 45.0 Å². The molecule has 0 aliphatic heterocycles. The van der Waals surface area contributed by atoms with Gasteiger partial charge in [0.2, 0.25) is 0 Å². The maximum absolute atomic E-state index is 2.47. The Bertz CT molecular complexity index is 5400. The monoisotopic (exact) mass is 1170 g/mol. The van der Waals surface area contributed by atoms with E-state index in [1.807, 2.05) is 0 Å². The van der Waals surface area contributed by atoms with Gasteiger partial charge >= 0.3 is 0 Å². The van der Waals surface area contributed by atoms with Crippen molar-refractivity contribution in [1.82, 2.24) is 18.3 Å². The highest BCUT2D eigenvalue weighted by Crippen LogP contribution is 2.50. The molecule has 0 atom stereocenters. The summed E-state index contributed by atoms with van der Waals surface area (Å²) in [5.41, 5.74) is 23.6. The van der Waals surface area contributed by atoms with Crippen LogP contribution in [-0.4, -0.2) is 18.3 Å². The second-order valence-electron chi connectivity index (χ2n) is 24.7. The summed E-state index contributed by atoms with van der Waals surface area (Å²) >= 11 is 0. The minimum Gasteiger partial charge on any atom is -0.309 e. The molecule has 0 spiro atoms. The van der Waals surface area contributed by atoms with Crippen molar-refractivity contribution < 1.29 is 0 Å². The van der Waals surface area contributed by atoms with Gasteiger partial charge in [-0.2, -0.15) is 0 Å². The first-order valence-electron chi connectivity index (χ1n) is 31.8. The van der Waals surface area contributed by atoms with Gasteiger partial charge in [0.1, 0.15) is 0 Å². The fourth-order valence-corrected chi connectivity index (χ4v) is 15.9. The lowest BCUT2D eigenvalue weighted by atomic mass is 9.82. The van der Waals surface area contributed by atoms with Crippen molar-refractivity contribution in [3.63, 3.8) is 0 Å². The molecule has 4 nitrogen and oxygen atoms in total. The first kappa shape index (κ1) is 50.7. The van der Waals surface area contributed by atoms with Crippen LogP contribution in [0.2, 0.25) is 0 Å². The maximum Gasteiger partial charge on any atom is 0.0541 e. The molecular formula is C88H54N4. The Balaban J connectivity index is 0.823. The maximum atomic E-state index is 2.47. The van der Waals surface area contributed by atoms with Gasteiger partial charge in [0.25, 0.3) is 0 Å². The van der Waals surface area contributed by atoms with Gasteiger partial charge < -0.3 is 18.3 Å². The number of rotatable bonds is 8. The van der Waals surface area contributed by atoms with Crippen LogP contribution in [0.1, 0.15) is 0 Å². The molecule has 0 N–H and O–H groups in total. The molecule has 0 saturated carbocycles. The second kappa shape index (κ2) is 19.6. The average molecular weight is 1170 g/mol. The van der Waals surface area contributed by atoms with Crippen LogP contribution in [0.3, 0.4) is 0 Å². The van der Waals surface area contributed by atoms with Crippen LogP contribution in [0.15, 0.2) is 328 Å². The molecule has 0 saturated heterocycles. The van der Waals surface area contributed by atoms with Gasteiger partial charge in [-0.05, 0) is 186 Å². The van der Waals surface area contributed by atoms with Crippen molar-refractivity contribution in [3.8, 4) is 67.3 Å². The lowest BCUT2D eigenvalue weighted by molar-refractivity contribution is 1.18. The highest BCUT2D eigenvalue weighted by molar-refractivity contribution is 6.32. The summed E-state index contributed by atoms with van der Waals surface area (Å²) in [5, 5.41) is 17.4. The summed E-state index contributed by atoms with van der Waals surface area (Å²) in [6, 6.07) is 122. The third kappa shape index (κ3) is 7.34. The quantitative estimate of drug-likeness (QED) is 0.135. The SMILES string of the molecule is c1ccc2c(c1)c1ccccc1n2-c1ccc(-c2cc(-c3ccc(-n4c5ccccc5c5ccccc54)cc3)c3ccc4c(-c5ccc(-n6c7ccccc7c7ccccc76)cc5)cc(-c5ccc(-n6c7ccccc7c7ccccc76)cc5)c5ccc2c3c54)cc1. The van der Waals surface area contributed by atoms with Crippen LogP contribution in [0, 0.1) is 0 Å². The van der Waals surface area contributed by atoms with Gasteiger partial charge in [0.05, 0.1) is 44.1 Å². The number of hydrogen-bond donors (Lipinski definition) is 0. The summed E-state index contributed by atoms with van der Waals surface area (Å²) in [6.07, 6.45) is 0. The van der Waals surface area contributed by atoms with Gasteiger partial charge in [-0.15, -0.1) is 0 Å². The first-order chi connectivity index (χ1) is 45.7. The molecule has 426 valence electrons. The van der Waals surface area contributed by atoms with Gasteiger partial charge in [-0.3, -0.25) is 0 Å². The Kier molecular flexibility index (Phi) is 10.8. The summed E-state index contributed by atoms with van der Waals surface area (Å²) < 4.78 is 9.65. The summed E-state index contributed by atoms with van der Waals surface area (Å²) in [6.45, 7) is 0. The molecular weight excluding hydrogens is 1110 g/mol. The lowest BCUT2D eigenvalue weighted by Crippen LogP contribution is -1.97. The molecule has 4 aromatic heterocycles. The van der Waals surface area contributed by atoms with Crippen molar-refractivity contribution in [2.75, 3.05) is 0 Å². The van der Waals surface area contributed by atoms with E-state index in [1.165, 1.54) is 142 Å². The minimum absolute atomic E-state index is 1.13. The van der Waals surface area contributed by atoms with Crippen molar-refractivity contribution in [3.05, 3.63) is 328 Å². The second-order valence-corrected chi connectivity index (χ2v) is 24.7. The topological polar surface area (TPSA) is 19.7 Å². The van der Waals surface area contributed by atoms with Crippen molar-refractivity contribution in [1.29, 1.82) is 0 Å². The molecule has 20 aromatic rings.